The van der Waals surface area contributed by atoms with E-state index in [4.69, 9.17) is 0 Å². The van der Waals surface area contributed by atoms with E-state index in [1.165, 1.54) is 12.1 Å². The summed E-state index contributed by atoms with van der Waals surface area (Å²) in [6.45, 7) is 0.888. The van der Waals surface area contributed by atoms with Gasteiger partial charge in [0.15, 0.2) is 0 Å². The van der Waals surface area contributed by atoms with Gasteiger partial charge in [0.25, 0.3) is 0 Å². The molecule has 1 aliphatic carbocycles. The van der Waals surface area contributed by atoms with Gasteiger partial charge >= 0.3 is 0 Å². The molecule has 3 nitrogen and oxygen atoms in total. The van der Waals surface area contributed by atoms with Crippen molar-refractivity contribution in [1.82, 2.24) is 10.2 Å². The molecular weight excluding hydrogens is 299 g/mol. The molecule has 0 unspecified atom stereocenters. The van der Waals surface area contributed by atoms with E-state index in [0.29, 0.717) is 23.6 Å². The molecule has 0 saturated heterocycles. The highest BCUT2D eigenvalue weighted by Crippen LogP contribution is 2.18. The van der Waals surface area contributed by atoms with Crippen molar-refractivity contribution in [2.24, 2.45) is 0 Å². The zero-order valence-corrected chi connectivity index (χ0v) is 11.8. The standard InChI is InChI=1S/C13H16BrFN2O/c1-17(8-13(18)16-12-2-3-12)7-9-4-10(14)6-11(15)5-9/h4-6,12H,2-3,7-8H2,1H3,(H,16,18). The van der Waals surface area contributed by atoms with E-state index in [-0.39, 0.29) is 11.7 Å². The minimum atomic E-state index is -0.268. The molecule has 1 saturated carbocycles. The first kappa shape index (κ1) is 13.5. The maximum Gasteiger partial charge on any atom is 0.234 e. The number of hydrogen-bond acceptors (Lipinski definition) is 2. The third-order valence-electron chi connectivity index (χ3n) is 2.73. The van der Waals surface area contributed by atoms with Crippen LogP contribution in [0.1, 0.15) is 18.4 Å². The lowest BCUT2D eigenvalue weighted by molar-refractivity contribution is -0.122. The summed E-state index contributed by atoms with van der Waals surface area (Å²) in [6.07, 6.45) is 2.18. The van der Waals surface area contributed by atoms with Crippen LogP contribution in [0, 0.1) is 5.82 Å². The molecule has 0 bridgehead atoms. The monoisotopic (exact) mass is 314 g/mol. The third-order valence-corrected chi connectivity index (χ3v) is 3.19. The zero-order valence-electron chi connectivity index (χ0n) is 10.2. The van der Waals surface area contributed by atoms with Crippen molar-refractivity contribution in [3.63, 3.8) is 0 Å². The number of carbonyl (C=O) groups is 1. The molecule has 0 heterocycles. The van der Waals surface area contributed by atoms with E-state index in [0.717, 1.165) is 18.4 Å². The zero-order chi connectivity index (χ0) is 13.1. The maximum absolute atomic E-state index is 13.2. The first-order chi connectivity index (χ1) is 8.52. The Bertz CT molecular complexity index is 428. The minimum Gasteiger partial charge on any atom is -0.352 e. The molecule has 98 valence electrons. The van der Waals surface area contributed by atoms with Gasteiger partial charge in [0.2, 0.25) is 5.91 Å². The highest BCUT2D eigenvalue weighted by atomic mass is 79.9. The predicted octanol–water partition coefficient (Wildman–Crippen LogP) is 2.30. The Morgan fingerprint density at radius 2 is 2.22 bits per heavy atom. The SMILES string of the molecule is CN(CC(=O)NC1CC1)Cc1cc(F)cc(Br)c1. The van der Waals surface area contributed by atoms with Gasteiger partial charge in [-0.3, -0.25) is 9.69 Å². The summed E-state index contributed by atoms with van der Waals surface area (Å²) in [7, 11) is 1.85. The molecule has 0 aliphatic heterocycles. The van der Waals surface area contributed by atoms with Crippen LogP contribution in [0.5, 0.6) is 0 Å². The molecule has 0 atom stereocenters. The van der Waals surface area contributed by atoms with Gasteiger partial charge in [-0.05, 0) is 43.7 Å². The van der Waals surface area contributed by atoms with Crippen LogP contribution in [0.4, 0.5) is 4.39 Å². The normalized spacial score (nSPS) is 14.9. The van der Waals surface area contributed by atoms with Crippen LogP contribution < -0.4 is 5.32 Å². The quantitative estimate of drug-likeness (QED) is 0.904. The second-order valence-electron chi connectivity index (χ2n) is 4.79. The number of amides is 1. The average molecular weight is 315 g/mol. The lowest BCUT2D eigenvalue weighted by Gasteiger charge is -2.16. The topological polar surface area (TPSA) is 32.3 Å². The molecular formula is C13H16BrFN2O. The predicted molar refractivity (Wildman–Crippen MR) is 71.6 cm³/mol. The summed E-state index contributed by atoms with van der Waals surface area (Å²) in [5, 5.41) is 2.93. The van der Waals surface area contributed by atoms with Gasteiger partial charge in [-0.25, -0.2) is 4.39 Å². The number of likely N-dealkylation sites (N-methyl/N-ethyl adjacent to an activating group) is 1. The van der Waals surface area contributed by atoms with Gasteiger partial charge in [-0.2, -0.15) is 0 Å². The van der Waals surface area contributed by atoms with Crippen molar-refractivity contribution in [3.05, 3.63) is 34.1 Å². The largest absolute Gasteiger partial charge is 0.352 e. The summed E-state index contributed by atoms with van der Waals surface area (Å²) in [4.78, 5) is 13.5. The highest BCUT2D eigenvalue weighted by Gasteiger charge is 2.23. The Labute approximate surface area is 114 Å². The Morgan fingerprint density at radius 3 is 2.83 bits per heavy atom. The molecule has 0 radical (unpaired) electrons. The molecule has 1 aliphatic rings. The number of nitrogens with zero attached hydrogens (tertiary/aromatic N) is 1. The minimum absolute atomic E-state index is 0.0375. The van der Waals surface area contributed by atoms with Crippen molar-refractivity contribution >= 4 is 21.8 Å². The fourth-order valence-electron chi connectivity index (χ4n) is 1.82. The molecule has 1 aromatic carbocycles. The maximum atomic E-state index is 13.2. The molecule has 1 amide bonds. The van der Waals surface area contributed by atoms with Crippen molar-refractivity contribution < 1.29 is 9.18 Å². The van der Waals surface area contributed by atoms with E-state index in [1.807, 2.05) is 18.0 Å². The van der Waals surface area contributed by atoms with Crippen molar-refractivity contribution in [2.75, 3.05) is 13.6 Å². The molecule has 18 heavy (non-hydrogen) atoms. The Morgan fingerprint density at radius 1 is 1.50 bits per heavy atom. The second-order valence-corrected chi connectivity index (χ2v) is 5.71. The number of nitrogens with one attached hydrogen (secondary N) is 1. The van der Waals surface area contributed by atoms with Gasteiger partial charge < -0.3 is 5.32 Å². The summed E-state index contributed by atoms with van der Waals surface area (Å²) in [6, 6.07) is 5.15. The number of hydrogen-bond donors (Lipinski definition) is 1. The van der Waals surface area contributed by atoms with Crippen LogP contribution >= 0.6 is 15.9 Å². The molecule has 5 heteroatoms. The van der Waals surface area contributed by atoms with E-state index in [9.17, 15) is 9.18 Å². The first-order valence-electron chi connectivity index (χ1n) is 5.96. The first-order valence-corrected chi connectivity index (χ1v) is 6.75. The summed E-state index contributed by atoms with van der Waals surface area (Å²) in [5.74, 6) is -0.231. The van der Waals surface area contributed by atoms with Gasteiger partial charge in [0, 0.05) is 17.1 Å². The third kappa shape index (κ3) is 4.38. The molecule has 1 aromatic rings. The fourth-order valence-corrected chi connectivity index (χ4v) is 2.33. The van der Waals surface area contributed by atoms with Crippen LogP contribution in [0.2, 0.25) is 0 Å². The Balaban J connectivity index is 1.85. The van der Waals surface area contributed by atoms with Crippen molar-refractivity contribution in [1.29, 1.82) is 0 Å². The van der Waals surface area contributed by atoms with Crippen LogP contribution in [0.15, 0.2) is 22.7 Å². The van der Waals surface area contributed by atoms with E-state index in [2.05, 4.69) is 21.2 Å². The Hall–Kier alpha value is -0.940. The van der Waals surface area contributed by atoms with E-state index >= 15 is 0 Å². The fraction of sp³-hybridized carbons (Fsp3) is 0.462. The van der Waals surface area contributed by atoms with Crippen LogP contribution in [-0.4, -0.2) is 30.4 Å². The molecule has 0 spiro atoms. The van der Waals surface area contributed by atoms with Crippen molar-refractivity contribution in [2.45, 2.75) is 25.4 Å². The molecule has 1 fully saturated rings. The van der Waals surface area contributed by atoms with Crippen LogP contribution in [0.25, 0.3) is 0 Å². The van der Waals surface area contributed by atoms with E-state index < -0.39 is 0 Å². The van der Waals surface area contributed by atoms with E-state index in [1.54, 1.807) is 0 Å². The summed E-state index contributed by atoms with van der Waals surface area (Å²) < 4.78 is 13.9. The number of carbonyl (C=O) groups excluding carboxylic acids is 1. The lowest BCUT2D eigenvalue weighted by Crippen LogP contribution is -2.35. The van der Waals surface area contributed by atoms with Gasteiger partial charge in [0.1, 0.15) is 5.82 Å². The number of halogens is 2. The molecule has 1 N–H and O–H groups in total. The Kier molecular flexibility index (Phi) is 4.35. The lowest BCUT2D eigenvalue weighted by atomic mass is 10.2. The number of rotatable bonds is 5. The highest BCUT2D eigenvalue weighted by molar-refractivity contribution is 9.10. The van der Waals surface area contributed by atoms with Gasteiger partial charge in [0.05, 0.1) is 6.54 Å². The average Bonchev–Trinajstić information content (AvgIpc) is 2.98. The summed E-state index contributed by atoms with van der Waals surface area (Å²) in [5.41, 5.74) is 0.851. The smallest absolute Gasteiger partial charge is 0.234 e. The van der Waals surface area contributed by atoms with Crippen LogP contribution in [0.3, 0.4) is 0 Å². The summed E-state index contributed by atoms with van der Waals surface area (Å²) >= 11 is 3.26. The van der Waals surface area contributed by atoms with Gasteiger partial charge in [-0.1, -0.05) is 15.9 Å². The molecule has 0 aromatic heterocycles. The van der Waals surface area contributed by atoms with Gasteiger partial charge in [-0.15, -0.1) is 0 Å². The molecule has 2 rings (SSSR count). The number of benzene rings is 1. The van der Waals surface area contributed by atoms with Crippen LogP contribution in [-0.2, 0) is 11.3 Å². The van der Waals surface area contributed by atoms with Crippen molar-refractivity contribution in [3.8, 4) is 0 Å². The second kappa shape index (κ2) is 5.80.